The van der Waals surface area contributed by atoms with Gasteiger partial charge < -0.3 is 15.0 Å². The van der Waals surface area contributed by atoms with Crippen molar-refractivity contribution in [2.75, 3.05) is 6.54 Å². The molecule has 2 N–H and O–H groups in total. The first-order chi connectivity index (χ1) is 10.1. The van der Waals surface area contributed by atoms with Crippen LogP contribution in [0.1, 0.15) is 36.2 Å². The summed E-state index contributed by atoms with van der Waals surface area (Å²) in [6.45, 7) is 5.81. The van der Waals surface area contributed by atoms with E-state index in [0.717, 1.165) is 25.8 Å². The van der Waals surface area contributed by atoms with E-state index in [9.17, 15) is 5.11 Å². The molecule has 0 aliphatic heterocycles. The summed E-state index contributed by atoms with van der Waals surface area (Å²) in [6, 6.07) is 12.7. The molecule has 1 aromatic carbocycles. The molecule has 0 radical (unpaired) electrons. The predicted molar refractivity (Wildman–Crippen MR) is 85.8 cm³/mol. The highest BCUT2D eigenvalue weighted by molar-refractivity contribution is 5.40. The number of rotatable bonds is 5. The lowest BCUT2D eigenvalue weighted by atomic mass is 9.80. The van der Waals surface area contributed by atoms with Gasteiger partial charge in [-0.15, -0.1) is 0 Å². The molecule has 1 aromatic heterocycles. The average molecular weight is 284 g/mol. The van der Waals surface area contributed by atoms with Gasteiger partial charge in [-0.05, 0) is 56.9 Å². The van der Waals surface area contributed by atoms with Crippen LogP contribution in [0.25, 0.3) is 5.69 Å². The van der Waals surface area contributed by atoms with Gasteiger partial charge in [-0.2, -0.15) is 0 Å². The molecule has 0 bridgehead atoms. The molecule has 112 valence electrons. The van der Waals surface area contributed by atoms with Crippen molar-refractivity contribution in [2.45, 2.75) is 45.3 Å². The minimum atomic E-state index is -0.453. The fourth-order valence-electron chi connectivity index (χ4n) is 3.17. The third-order valence-corrected chi connectivity index (χ3v) is 4.60. The van der Waals surface area contributed by atoms with Crippen molar-refractivity contribution in [3.05, 3.63) is 53.3 Å². The lowest BCUT2D eigenvalue weighted by Crippen LogP contribution is -2.46. The first-order valence-corrected chi connectivity index (χ1v) is 7.75. The van der Waals surface area contributed by atoms with Crippen LogP contribution in [0.3, 0.4) is 0 Å². The van der Waals surface area contributed by atoms with Gasteiger partial charge in [0.25, 0.3) is 0 Å². The van der Waals surface area contributed by atoms with E-state index in [0.29, 0.717) is 6.54 Å². The van der Waals surface area contributed by atoms with Crippen LogP contribution < -0.4 is 5.32 Å². The monoisotopic (exact) mass is 284 g/mol. The number of para-hydroxylation sites is 1. The number of nitrogens with one attached hydrogen (secondary N) is 1. The van der Waals surface area contributed by atoms with Crippen LogP contribution >= 0.6 is 0 Å². The van der Waals surface area contributed by atoms with Gasteiger partial charge in [-0.1, -0.05) is 18.2 Å². The molecule has 0 saturated heterocycles. The molecule has 1 heterocycles. The van der Waals surface area contributed by atoms with Crippen molar-refractivity contribution in [1.29, 1.82) is 0 Å². The van der Waals surface area contributed by atoms with E-state index in [-0.39, 0.29) is 0 Å². The molecule has 3 heteroatoms. The second-order valence-electron chi connectivity index (χ2n) is 6.25. The van der Waals surface area contributed by atoms with E-state index in [1.165, 1.54) is 22.6 Å². The molecule has 1 aliphatic rings. The SMILES string of the molecule is Cc1cc(CNCC2(O)CCC2)c(C)n1-c1ccccc1. The van der Waals surface area contributed by atoms with Gasteiger partial charge in [0.2, 0.25) is 0 Å². The smallest absolute Gasteiger partial charge is 0.0771 e. The highest BCUT2D eigenvalue weighted by Crippen LogP contribution is 2.30. The number of aliphatic hydroxyl groups is 1. The zero-order valence-corrected chi connectivity index (χ0v) is 12.9. The predicted octanol–water partition coefficient (Wildman–Crippen LogP) is 3.10. The van der Waals surface area contributed by atoms with Gasteiger partial charge in [0, 0.05) is 30.2 Å². The molecular weight excluding hydrogens is 260 g/mol. The van der Waals surface area contributed by atoms with Crippen LogP contribution in [0.4, 0.5) is 0 Å². The Hall–Kier alpha value is -1.58. The first kappa shape index (κ1) is 14.4. The maximum atomic E-state index is 10.1. The fourth-order valence-corrected chi connectivity index (χ4v) is 3.17. The summed E-state index contributed by atoms with van der Waals surface area (Å²) in [4.78, 5) is 0. The topological polar surface area (TPSA) is 37.2 Å². The van der Waals surface area contributed by atoms with Crippen molar-refractivity contribution >= 4 is 0 Å². The van der Waals surface area contributed by atoms with E-state index in [1.54, 1.807) is 0 Å². The van der Waals surface area contributed by atoms with Crippen molar-refractivity contribution in [3.63, 3.8) is 0 Å². The third kappa shape index (κ3) is 2.89. The van der Waals surface area contributed by atoms with Crippen LogP contribution in [-0.4, -0.2) is 21.8 Å². The number of aryl methyl sites for hydroxylation is 1. The largest absolute Gasteiger partial charge is 0.389 e. The summed E-state index contributed by atoms with van der Waals surface area (Å²) >= 11 is 0. The third-order valence-electron chi connectivity index (χ3n) is 4.60. The summed E-state index contributed by atoms with van der Waals surface area (Å²) in [7, 11) is 0. The van der Waals surface area contributed by atoms with E-state index < -0.39 is 5.60 Å². The van der Waals surface area contributed by atoms with Crippen molar-refractivity contribution < 1.29 is 5.11 Å². The maximum Gasteiger partial charge on any atom is 0.0771 e. The van der Waals surface area contributed by atoms with Crippen molar-refractivity contribution in [1.82, 2.24) is 9.88 Å². The molecule has 0 atom stereocenters. The fraction of sp³-hybridized carbons (Fsp3) is 0.444. The lowest BCUT2D eigenvalue weighted by Gasteiger charge is -2.36. The molecule has 0 amide bonds. The normalized spacial score (nSPS) is 16.7. The molecule has 0 unspecified atom stereocenters. The van der Waals surface area contributed by atoms with Crippen LogP contribution in [0.5, 0.6) is 0 Å². The summed E-state index contributed by atoms with van der Waals surface area (Å²) in [6.07, 6.45) is 3.02. The zero-order valence-electron chi connectivity index (χ0n) is 12.9. The maximum absolute atomic E-state index is 10.1. The van der Waals surface area contributed by atoms with E-state index in [2.05, 4.69) is 54.1 Å². The minimum absolute atomic E-state index is 0.453. The van der Waals surface area contributed by atoms with Crippen molar-refractivity contribution in [3.8, 4) is 5.69 Å². The minimum Gasteiger partial charge on any atom is -0.389 e. The molecule has 0 spiro atoms. The van der Waals surface area contributed by atoms with Gasteiger partial charge in [0.1, 0.15) is 0 Å². The summed E-state index contributed by atoms with van der Waals surface area (Å²) in [5, 5.41) is 13.5. The second kappa shape index (κ2) is 5.66. The van der Waals surface area contributed by atoms with Crippen LogP contribution in [-0.2, 0) is 6.54 Å². The molecule has 1 saturated carbocycles. The zero-order chi connectivity index (χ0) is 14.9. The Morgan fingerprint density at radius 1 is 1.19 bits per heavy atom. The second-order valence-corrected chi connectivity index (χ2v) is 6.25. The van der Waals surface area contributed by atoms with Crippen LogP contribution in [0.2, 0.25) is 0 Å². The van der Waals surface area contributed by atoms with Gasteiger partial charge >= 0.3 is 0 Å². The Kier molecular flexibility index (Phi) is 3.87. The van der Waals surface area contributed by atoms with Gasteiger partial charge in [-0.25, -0.2) is 0 Å². The molecule has 1 fully saturated rings. The van der Waals surface area contributed by atoms with E-state index in [1.807, 2.05) is 6.07 Å². The average Bonchev–Trinajstić information content (AvgIpc) is 2.73. The summed E-state index contributed by atoms with van der Waals surface area (Å²) in [5.41, 5.74) is 4.57. The van der Waals surface area contributed by atoms with E-state index >= 15 is 0 Å². The highest BCUT2D eigenvalue weighted by Gasteiger charge is 2.33. The highest BCUT2D eigenvalue weighted by atomic mass is 16.3. The molecule has 2 aromatic rings. The molecular formula is C18H24N2O. The van der Waals surface area contributed by atoms with Gasteiger partial charge in [-0.3, -0.25) is 0 Å². The Labute approximate surface area is 126 Å². The Balaban J connectivity index is 1.72. The van der Waals surface area contributed by atoms with E-state index in [4.69, 9.17) is 0 Å². The molecule has 3 nitrogen and oxygen atoms in total. The number of hydrogen-bond acceptors (Lipinski definition) is 2. The Morgan fingerprint density at radius 2 is 1.90 bits per heavy atom. The number of hydrogen-bond donors (Lipinski definition) is 2. The van der Waals surface area contributed by atoms with Gasteiger partial charge in [0.15, 0.2) is 0 Å². The lowest BCUT2D eigenvalue weighted by molar-refractivity contribution is -0.0314. The molecule has 3 rings (SSSR count). The number of benzene rings is 1. The van der Waals surface area contributed by atoms with Crippen molar-refractivity contribution in [2.24, 2.45) is 0 Å². The molecule has 21 heavy (non-hydrogen) atoms. The Morgan fingerprint density at radius 3 is 2.52 bits per heavy atom. The number of nitrogens with zero attached hydrogens (tertiary/aromatic N) is 1. The van der Waals surface area contributed by atoms with Crippen LogP contribution in [0.15, 0.2) is 36.4 Å². The molecule has 1 aliphatic carbocycles. The quantitative estimate of drug-likeness (QED) is 0.885. The first-order valence-electron chi connectivity index (χ1n) is 7.75. The van der Waals surface area contributed by atoms with Crippen LogP contribution in [0, 0.1) is 13.8 Å². The Bertz CT molecular complexity index is 612. The standard InChI is InChI=1S/C18H24N2O/c1-14-11-16(12-19-13-18(21)9-6-10-18)15(2)20(14)17-7-4-3-5-8-17/h3-5,7-8,11,19,21H,6,9-10,12-13H2,1-2H3. The summed E-state index contributed by atoms with van der Waals surface area (Å²) < 4.78 is 2.29. The number of aromatic nitrogens is 1. The summed E-state index contributed by atoms with van der Waals surface area (Å²) in [5.74, 6) is 0. The van der Waals surface area contributed by atoms with Gasteiger partial charge in [0.05, 0.1) is 5.60 Å².